The molecule has 2 amide bonds. The van der Waals surface area contributed by atoms with Crippen molar-refractivity contribution < 1.29 is 19.1 Å². The van der Waals surface area contributed by atoms with Gasteiger partial charge in [0.05, 0.1) is 18.3 Å². The van der Waals surface area contributed by atoms with Crippen molar-refractivity contribution in [1.29, 1.82) is 0 Å². The monoisotopic (exact) mass is 449 g/mol. The smallest absolute Gasteiger partial charge is 0.415 e. The lowest BCUT2D eigenvalue weighted by molar-refractivity contribution is 0.0489. The zero-order valence-electron chi connectivity index (χ0n) is 18.4. The Balaban J connectivity index is 1.30. The summed E-state index contributed by atoms with van der Waals surface area (Å²) in [6, 6.07) is 9.54. The first-order valence-corrected chi connectivity index (χ1v) is 10.6. The van der Waals surface area contributed by atoms with Crippen molar-refractivity contribution in [3.63, 3.8) is 0 Å². The Hall–Kier alpha value is -4.02. The molecule has 2 aliphatic heterocycles. The molecule has 0 radical (unpaired) electrons. The van der Waals surface area contributed by atoms with Crippen LogP contribution in [0.4, 0.5) is 15.3 Å². The van der Waals surface area contributed by atoms with Crippen molar-refractivity contribution >= 4 is 17.9 Å². The van der Waals surface area contributed by atoms with Crippen LogP contribution in [-0.2, 0) is 15.9 Å². The SMILES string of the molecule is CC(C)(C)OC(=O)NCC1OC(=O)N2c3ccc(-c4ccc(-n5cnnn5)nc4)cc3C[C@@H]12. The quantitative estimate of drug-likeness (QED) is 0.644. The molecule has 2 aliphatic rings. The highest BCUT2D eigenvalue weighted by molar-refractivity contribution is 5.94. The minimum Gasteiger partial charge on any atom is -0.444 e. The predicted molar refractivity (Wildman–Crippen MR) is 117 cm³/mol. The number of hydrogen-bond acceptors (Lipinski definition) is 8. The van der Waals surface area contributed by atoms with Gasteiger partial charge in [-0.1, -0.05) is 6.07 Å². The van der Waals surface area contributed by atoms with Gasteiger partial charge in [0.2, 0.25) is 0 Å². The molecule has 1 N–H and O–H groups in total. The number of nitrogens with zero attached hydrogens (tertiary/aromatic N) is 6. The molecule has 0 bridgehead atoms. The van der Waals surface area contributed by atoms with E-state index in [9.17, 15) is 9.59 Å². The van der Waals surface area contributed by atoms with Crippen molar-refractivity contribution in [2.45, 2.75) is 44.9 Å². The number of hydrogen-bond donors (Lipinski definition) is 1. The number of ether oxygens (including phenoxy) is 2. The summed E-state index contributed by atoms with van der Waals surface area (Å²) < 4.78 is 12.3. The van der Waals surface area contributed by atoms with Crippen LogP contribution in [0, 0.1) is 0 Å². The van der Waals surface area contributed by atoms with Crippen molar-refractivity contribution in [3.05, 3.63) is 48.4 Å². The third kappa shape index (κ3) is 4.09. The lowest BCUT2D eigenvalue weighted by Gasteiger charge is -2.21. The normalized spacial score (nSPS) is 19.1. The van der Waals surface area contributed by atoms with Gasteiger partial charge < -0.3 is 14.8 Å². The summed E-state index contributed by atoms with van der Waals surface area (Å²) in [5.74, 6) is 0.619. The lowest BCUT2D eigenvalue weighted by atomic mass is 10.0. The minimum atomic E-state index is -0.596. The fraction of sp³-hybridized carbons (Fsp3) is 0.364. The van der Waals surface area contributed by atoms with Crippen LogP contribution in [0.2, 0.25) is 0 Å². The predicted octanol–water partition coefficient (Wildman–Crippen LogP) is 2.50. The number of aromatic nitrogens is 5. The highest BCUT2D eigenvalue weighted by Gasteiger charge is 2.47. The lowest BCUT2D eigenvalue weighted by Crippen LogP contribution is -2.42. The van der Waals surface area contributed by atoms with Gasteiger partial charge in [-0.3, -0.25) is 4.90 Å². The highest BCUT2D eigenvalue weighted by Crippen LogP contribution is 2.40. The fourth-order valence-electron chi connectivity index (χ4n) is 4.09. The molecule has 1 fully saturated rings. The summed E-state index contributed by atoms with van der Waals surface area (Å²) in [6.07, 6.45) is 2.47. The van der Waals surface area contributed by atoms with Crippen LogP contribution in [0.5, 0.6) is 0 Å². The average molecular weight is 449 g/mol. The number of cyclic esters (lactones) is 1. The van der Waals surface area contributed by atoms with Crippen molar-refractivity contribution in [2.24, 2.45) is 0 Å². The molecule has 0 saturated carbocycles. The number of carbonyl (C=O) groups excluding carboxylic acids is 2. The number of fused-ring (bicyclic) bond motifs is 3. The van der Waals surface area contributed by atoms with Gasteiger partial charge in [0, 0.05) is 11.8 Å². The van der Waals surface area contributed by atoms with E-state index >= 15 is 0 Å². The molecule has 170 valence electrons. The Morgan fingerprint density at radius 1 is 1.24 bits per heavy atom. The summed E-state index contributed by atoms with van der Waals surface area (Å²) >= 11 is 0. The van der Waals surface area contributed by atoms with Gasteiger partial charge >= 0.3 is 12.2 Å². The maximum absolute atomic E-state index is 12.5. The Labute approximate surface area is 189 Å². The van der Waals surface area contributed by atoms with Gasteiger partial charge in [-0.05, 0) is 73.0 Å². The average Bonchev–Trinajstić information content (AvgIpc) is 3.48. The molecular formula is C22H23N7O4. The molecule has 1 unspecified atom stereocenters. The van der Waals surface area contributed by atoms with Crippen LogP contribution >= 0.6 is 0 Å². The molecule has 11 heteroatoms. The number of rotatable bonds is 4. The second kappa shape index (κ2) is 7.84. The van der Waals surface area contributed by atoms with Crippen LogP contribution in [0.15, 0.2) is 42.9 Å². The van der Waals surface area contributed by atoms with Gasteiger partial charge in [0.15, 0.2) is 5.82 Å². The number of alkyl carbamates (subject to hydrolysis) is 1. The van der Waals surface area contributed by atoms with E-state index in [1.54, 1.807) is 31.9 Å². The first-order chi connectivity index (χ1) is 15.8. The standard InChI is InChI=1S/C22H23N7O4/c1-22(2,3)33-20(30)24-11-18-17-9-15-8-13(4-6-16(15)29(17)21(31)32-18)14-5-7-19(23-10-14)28-12-25-26-27-28/h4-8,10,12,17-18H,9,11H2,1-3H3,(H,24,30)/t17-,18?/m0/s1. The van der Waals surface area contributed by atoms with Crippen molar-refractivity contribution in [3.8, 4) is 16.9 Å². The second-order valence-electron chi connectivity index (χ2n) is 8.95. The Morgan fingerprint density at radius 3 is 2.76 bits per heavy atom. The molecule has 1 aromatic carbocycles. The van der Waals surface area contributed by atoms with Crippen LogP contribution in [-0.4, -0.2) is 61.7 Å². The van der Waals surface area contributed by atoms with Gasteiger partial charge in [-0.25, -0.2) is 14.6 Å². The van der Waals surface area contributed by atoms with E-state index in [4.69, 9.17) is 9.47 Å². The number of pyridine rings is 1. The minimum absolute atomic E-state index is 0.182. The van der Waals surface area contributed by atoms with Gasteiger partial charge in [0.1, 0.15) is 18.0 Å². The molecule has 4 heterocycles. The Kier molecular flexibility index (Phi) is 4.95. The third-order valence-corrected chi connectivity index (χ3v) is 5.49. The van der Waals surface area contributed by atoms with E-state index in [-0.39, 0.29) is 12.6 Å². The Morgan fingerprint density at radius 2 is 2.06 bits per heavy atom. The van der Waals surface area contributed by atoms with E-state index in [2.05, 4.69) is 31.9 Å². The summed E-state index contributed by atoms with van der Waals surface area (Å²) in [4.78, 5) is 30.6. The van der Waals surface area contributed by atoms with Crippen LogP contribution in [0.3, 0.4) is 0 Å². The van der Waals surface area contributed by atoms with E-state index in [1.165, 1.54) is 11.0 Å². The molecule has 33 heavy (non-hydrogen) atoms. The van der Waals surface area contributed by atoms with Crippen molar-refractivity contribution in [1.82, 2.24) is 30.5 Å². The number of carbonyl (C=O) groups is 2. The summed E-state index contributed by atoms with van der Waals surface area (Å²) in [5.41, 5.74) is 3.20. The number of anilines is 1. The zero-order valence-corrected chi connectivity index (χ0v) is 18.4. The molecular weight excluding hydrogens is 426 g/mol. The van der Waals surface area contributed by atoms with E-state index in [1.807, 2.05) is 24.3 Å². The molecule has 2 atom stereocenters. The summed E-state index contributed by atoms with van der Waals surface area (Å²) in [6.45, 7) is 5.57. The molecule has 1 saturated heterocycles. The highest BCUT2D eigenvalue weighted by atomic mass is 16.6. The maximum Gasteiger partial charge on any atom is 0.415 e. The number of tetrazole rings is 1. The van der Waals surface area contributed by atoms with E-state index in [0.717, 1.165) is 22.4 Å². The van der Waals surface area contributed by atoms with Crippen molar-refractivity contribution in [2.75, 3.05) is 11.4 Å². The Bertz CT molecular complexity index is 1190. The van der Waals surface area contributed by atoms with Crippen LogP contribution in [0.25, 0.3) is 16.9 Å². The molecule has 2 aromatic heterocycles. The molecule has 3 aromatic rings. The van der Waals surface area contributed by atoms with E-state index < -0.39 is 23.9 Å². The second-order valence-corrected chi connectivity index (χ2v) is 8.95. The van der Waals surface area contributed by atoms with Gasteiger partial charge in [-0.2, -0.15) is 4.68 Å². The molecule has 0 aliphatic carbocycles. The van der Waals surface area contributed by atoms with Crippen LogP contribution in [0.1, 0.15) is 26.3 Å². The number of nitrogens with one attached hydrogen (secondary N) is 1. The largest absolute Gasteiger partial charge is 0.444 e. The maximum atomic E-state index is 12.5. The number of amides is 2. The molecule has 0 spiro atoms. The fourth-order valence-corrected chi connectivity index (χ4v) is 4.09. The summed E-state index contributed by atoms with van der Waals surface area (Å²) in [5, 5.41) is 13.8. The third-order valence-electron chi connectivity index (χ3n) is 5.49. The number of benzene rings is 1. The topological polar surface area (TPSA) is 124 Å². The molecule has 5 rings (SSSR count). The van der Waals surface area contributed by atoms with Crippen LogP contribution < -0.4 is 10.2 Å². The first kappa shape index (κ1) is 20.9. The summed E-state index contributed by atoms with van der Waals surface area (Å²) in [7, 11) is 0. The van der Waals surface area contributed by atoms with Gasteiger partial charge in [-0.15, -0.1) is 5.10 Å². The van der Waals surface area contributed by atoms with E-state index in [0.29, 0.717) is 12.2 Å². The zero-order chi connectivity index (χ0) is 23.2. The van der Waals surface area contributed by atoms with Gasteiger partial charge in [0.25, 0.3) is 0 Å². The first-order valence-electron chi connectivity index (χ1n) is 10.6. The molecule has 11 nitrogen and oxygen atoms in total.